The van der Waals surface area contributed by atoms with Gasteiger partial charge in [-0.25, -0.2) is 9.78 Å². The molecule has 4 heteroatoms. The molecule has 0 atom stereocenters. The maximum absolute atomic E-state index is 11.0. The summed E-state index contributed by atoms with van der Waals surface area (Å²) in [7, 11) is 0. The van der Waals surface area contributed by atoms with Gasteiger partial charge in [0.25, 0.3) is 0 Å². The molecule has 0 bridgehead atoms. The lowest BCUT2D eigenvalue weighted by molar-refractivity contribution is 0.0689. The maximum Gasteiger partial charge on any atom is 0.356 e. The van der Waals surface area contributed by atoms with Gasteiger partial charge in [0.1, 0.15) is 5.65 Å². The highest BCUT2D eigenvalue weighted by atomic mass is 16.4. The zero-order valence-electron chi connectivity index (χ0n) is 8.64. The van der Waals surface area contributed by atoms with Gasteiger partial charge in [-0.3, -0.25) is 0 Å². The summed E-state index contributed by atoms with van der Waals surface area (Å²) in [6, 6.07) is 5.52. The van der Waals surface area contributed by atoms with Crippen LogP contribution in [0.25, 0.3) is 5.65 Å². The van der Waals surface area contributed by atoms with E-state index in [1.807, 2.05) is 36.6 Å². The van der Waals surface area contributed by atoms with Crippen LogP contribution in [0.3, 0.4) is 0 Å². The van der Waals surface area contributed by atoms with Gasteiger partial charge in [0.05, 0.1) is 5.69 Å². The summed E-state index contributed by atoms with van der Waals surface area (Å²) in [5, 5.41) is 9.04. The Morgan fingerprint density at radius 1 is 1.47 bits per heavy atom. The van der Waals surface area contributed by atoms with Crippen molar-refractivity contribution in [3.8, 4) is 0 Å². The molecule has 0 amide bonds. The third-order valence-corrected chi connectivity index (χ3v) is 2.32. The van der Waals surface area contributed by atoms with Crippen molar-refractivity contribution in [1.29, 1.82) is 0 Å². The SMILES string of the molecule is CC(C)c1c(C(=O)O)nc2ccccn12. The lowest BCUT2D eigenvalue weighted by Gasteiger charge is -2.05. The fraction of sp³-hybridized carbons (Fsp3) is 0.273. The first-order chi connectivity index (χ1) is 7.11. The summed E-state index contributed by atoms with van der Waals surface area (Å²) < 4.78 is 1.83. The van der Waals surface area contributed by atoms with E-state index in [0.717, 1.165) is 5.69 Å². The largest absolute Gasteiger partial charge is 0.476 e. The summed E-state index contributed by atoms with van der Waals surface area (Å²) in [6.45, 7) is 3.92. The van der Waals surface area contributed by atoms with E-state index in [2.05, 4.69) is 4.98 Å². The van der Waals surface area contributed by atoms with Crippen LogP contribution in [0, 0.1) is 0 Å². The van der Waals surface area contributed by atoms with Crippen molar-refractivity contribution in [2.75, 3.05) is 0 Å². The molecule has 78 valence electrons. The van der Waals surface area contributed by atoms with Crippen LogP contribution >= 0.6 is 0 Å². The molecule has 0 spiro atoms. The predicted molar refractivity (Wildman–Crippen MR) is 56.2 cm³/mol. The standard InChI is InChI=1S/C11H12N2O2/c1-7(2)10-9(11(14)15)12-8-5-3-4-6-13(8)10/h3-7H,1-2H3,(H,14,15). The van der Waals surface area contributed by atoms with Crippen molar-refractivity contribution in [2.45, 2.75) is 19.8 Å². The second-order valence-electron chi connectivity index (χ2n) is 3.73. The van der Waals surface area contributed by atoms with Crippen molar-refractivity contribution in [3.63, 3.8) is 0 Å². The highest BCUT2D eigenvalue weighted by Gasteiger charge is 2.19. The van der Waals surface area contributed by atoms with Crippen LogP contribution in [0.4, 0.5) is 0 Å². The van der Waals surface area contributed by atoms with E-state index in [4.69, 9.17) is 5.11 Å². The molecule has 0 aliphatic carbocycles. The summed E-state index contributed by atoms with van der Waals surface area (Å²) in [5.41, 5.74) is 1.58. The molecular weight excluding hydrogens is 192 g/mol. The molecule has 0 saturated heterocycles. The molecule has 4 nitrogen and oxygen atoms in total. The number of aromatic carboxylic acids is 1. The lowest BCUT2D eigenvalue weighted by atomic mass is 10.1. The first-order valence-electron chi connectivity index (χ1n) is 4.81. The minimum Gasteiger partial charge on any atom is -0.476 e. The molecule has 0 aliphatic rings. The number of aromatic nitrogens is 2. The minimum atomic E-state index is -0.970. The van der Waals surface area contributed by atoms with Crippen LogP contribution < -0.4 is 0 Å². The van der Waals surface area contributed by atoms with Gasteiger partial charge < -0.3 is 9.51 Å². The maximum atomic E-state index is 11.0. The second-order valence-corrected chi connectivity index (χ2v) is 3.73. The van der Waals surface area contributed by atoms with E-state index >= 15 is 0 Å². The smallest absolute Gasteiger partial charge is 0.356 e. The molecule has 0 aromatic carbocycles. The molecule has 2 rings (SSSR count). The van der Waals surface area contributed by atoms with Crippen molar-refractivity contribution >= 4 is 11.6 Å². The monoisotopic (exact) mass is 204 g/mol. The highest BCUT2D eigenvalue weighted by molar-refractivity contribution is 5.88. The molecule has 1 N–H and O–H groups in total. The van der Waals surface area contributed by atoms with E-state index in [-0.39, 0.29) is 11.6 Å². The number of imidazole rings is 1. The van der Waals surface area contributed by atoms with E-state index in [1.54, 1.807) is 6.07 Å². The molecule has 0 radical (unpaired) electrons. The lowest BCUT2D eigenvalue weighted by Crippen LogP contribution is -2.04. The van der Waals surface area contributed by atoms with Crippen molar-refractivity contribution in [2.24, 2.45) is 0 Å². The average Bonchev–Trinajstić information content (AvgIpc) is 2.56. The molecule has 2 aromatic heterocycles. The quantitative estimate of drug-likeness (QED) is 0.815. The Balaban J connectivity index is 2.80. The summed E-state index contributed by atoms with van der Waals surface area (Å²) in [6.07, 6.45) is 1.84. The number of fused-ring (bicyclic) bond motifs is 1. The van der Waals surface area contributed by atoms with Crippen molar-refractivity contribution in [3.05, 3.63) is 35.8 Å². The second kappa shape index (κ2) is 3.38. The van der Waals surface area contributed by atoms with E-state index in [1.165, 1.54) is 0 Å². The van der Waals surface area contributed by atoms with Crippen LogP contribution in [0.5, 0.6) is 0 Å². The Morgan fingerprint density at radius 3 is 2.80 bits per heavy atom. The summed E-state index contributed by atoms with van der Waals surface area (Å²) in [5.74, 6) is -0.837. The molecule has 0 saturated carbocycles. The highest BCUT2D eigenvalue weighted by Crippen LogP contribution is 2.21. The number of hydrogen-bond donors (Lipinski definition) is 1. The number of nitrogens with zero attached hydrogens (tertiary/aromatic N) is 2. The zero-order valence-corrected chi connectivity index (χ0v) is 8.64. The Labute approximate surface area is 87.2 Å². The van der Waals surface area contributed by atoms with Gasteiger partial charge in [-0.1, -0.05) is 19.9 Å². The number of carboxylic acid groups (broad SMARTS) is 1. The first-order valence-corrected chi connectivity index (χ1v) is 4.81. The Hall–Kier alpha value is -1.84. The van der Waals surface area contributed by atoms with Crippen LogP contribution in [0.1, 0.15) is 35.9 Å². The molecule has 2 aromatic rings. The molecule has 0 aliphatic heterocycles. The van der Waals surface area contributed by atoms with Gasteiger partial charge in [-0.05, 0) is 18.1 Å². The summed E-state index contributed by atoms with van der Waals surface area (Å²) >= 11 is 0. The first kappa shape index (κ1) is 9.71. The third kappa shape index (κ3) is 1.48. The van der Waals surface area contributed by atoms with Crippen molar-refractivity contribution in [1.82, 2.24) is 9.38 Å². The fourth-order valence-corrected chi connectivity index (χ4v) is 1.72. The molecular formula is C11H12N2O2. The van der Waals surface area contributed by atoms with E-state index in [9.17, 15) is 4.79 Å². The van der Waals surface area contributed by atoms with Crippen LogP contribution in [-0.4, -0.2) is 20.5 Å². The van der Waals surface area contributed by atoms with Crippen molar-refractivity contribution < 1.29 is 9.90 Å². The molecule has 0 fully saturated rings. The Bertz CT molecular complexity index is 514. The van der Waals surface area contributed by atoms with E-state index in [0.29, 0.717) is 5.65 Å². The number of rotatable bonds is 2. The van der Waals surface area contributed by atoms with Gasteiger partial charge in [0.15, 0.2) is 5.69 Å². The topological polar surface area (TPSA) is 54.6 Å². The summed E-state index contributed by atoms with van der Waals surface area (Å²) in [4.78, 5) is 15.1. The van der Waals surface area contributed by atoms with E-state index < -0.39 is 5.97 Å². The van der Waals surface area contributed by atoms with Gasteiger partial charge in [-0.2, -0.15) is 0 Å². The Morgan fingerprint density at radius 2 is 2.20 bits per heavy atom. The molecule has 0 unspecified atom stereocenters. The Kier molecular flexibility index (Phi) is 2.19. The molecule has 15 heavy (non-hydrogen) atoms. The minimum absolute atomic E-state index is 0.133. The zero-order chi connectivity index (χ0) is 11.0. The van der Waals surface area contributed by atoms with Gasteiger partial charge in [-0.15, -0.1) is 0 Å². The normalized spacial score (nSPS) is 11.1. The fourth-order valence-electron chi connectivity index (χ4n) is 1.72. The average molecular weight is 204 g/mol. The number of hydrogen-bond acceptors (Lipinski definition) is 2. The van der Waals surface area contributed by atoms with Gasteiger partial charge >= 0.3 is 5.97 Å². The number of carbonyl (C=O) groups is 1. The number of carboxylic acids is 1. The van der Waals surface area contributed by atoms with Crippen LogP contribution in [-0.2, 0) is 0 Å². The third-order valence-electron chi connectivity index (χ3n) is 2.32. The van der Waals surface area contributed by atoms with Crippen LogP contribution in [0.2, 0.25) is 0 Å². The van der Waals surface area contributed by atoms with Crippen LogP contribution in [0.15, 0.2) is 24.4 Å². The number of pyridine rings is 1. The van der Waals surface area contributed by atoms with Gasteiger partial charge in [0.2, 0.25) is 0 Å². The molecule has 2 heterocycles. The van der Waals surface area contributed by atoms with Gasteiger partial charge in [0, 0.05) is 6.20 Å². The predicted octanol–water partition coefficient (Wildman–Crippen LogP) is 2.16.